The molecule has 1 unspecified atom stereocenters. The van der Waals surface area contributed by atoms with E-state index in [4.69, 9.17) is 18.8 Å². The Labute approximate surface area is 275 Å². The number of rotatable bonds is 4. The number of fused-ring (bicyclic) bond motifs is 7. The van der Waals surface area contributed by atoms with Gasteiger partial charge >= 0.3 is 0 Å². The van der Waals surface area contributed by atoms with Crippen molar-refractivity contribution in [1.29, 1.82) is 0 Å². The van der Waals surface area contributed by atoms with Crippen LogP contribution in [-0.2, 0) is 0 Å². The molecule has 0 bridgehead atoms. The Morgan fingerprint density at radius 3 is 1.94 bits per heavy atom. The van der Waals surface area contributed by atoms with E-state index < -0.39 is 6.17 Å². The molecule has 0 radical (unpaired) electrons. The van der Waals surface area contributed by atoms with E-state index in [9.17, 15) is 0 Å². The first-order valence-corrected chi connectivity index (χ1v) is 16.1. The van der Waals surface area contributed by atoms with E-state index in [1.807, 2.05) is 60.7 Å². The molecule has 1 aliphatic heterocycles. The smallest absolute Gasteiger partial charge is 0.169 e. The van der Waals surface area contributed by atoms with Crippen LogP contribution in [-0.4, -0.2) is 11.7 Å². The van der Waals surface area contributed by atoms with Gasteiger partial charge in [0.05, 0.1) is 0 Å². The van der Waals surface area contributed by atoms with Gasteiger partial charge in [-0.3, -0.25) is 0 Å². The van der Waals surface area contributed by atoms with E-state index in [0.29, 0.717) is 0 Å². The number of furan rings is 2. The van der Waals surface area contributed by atoms with E-state index in [-0.39, 0.29) is 0 Å². The topological polar surface area (TPSA) is 63.0 Å². The second-order valence-electron chi connectivity index (χ2n) is 12.2. The third-order valence-corrected chi connectivity index (χ3v) is 9.31. The second kappa shape index (κ2) is 10.5. The van der Waals surface area contributed by atoms with E-state index in [0.717, 1.165) is 88.8 Å². The maximum Gasteiger partial charge on any atom is 0.169 e. The molecule has 0 spiro atoms. The molecule has 0 saturated heterocycles. The number of amidine groups is 2. The predicted molar refractivity (Wildman–Crippen MR) is 196 cm³/mol. The quantitative estimate of drug-likeness (QED) is 0.214. The van der Waals surface area contributed by atoms with E-state index >= 15 is 0 Å². The highest BCUT2D eigenvalue weighted by atomic mass is 16.3. The summed E-state index contributed by atoms with van der Waals surface area (Å²) in [6.07, 6.45) is -0.453. The molecule has 1 N–H and O–H groups in total. The van der Waals surface area contributed by atoms with Gasteiger partial charge in [0.2, 0.25) is 0 Å². The first kappa shape index (κ1) is 26.7. The zero-order chi connectivity index (χ0) is 31.6. The van der Waals surface area contributed by atoms with Crippen molar-refractivity contribution in [3.8, 4) is 11.1 Å². The van der Waals surface area contributed by atoms with Crippen LogP contribution in [0.15, 0.2) is 170 Å². The van der Waals surface area contributed by atoms with Crippen LogP contribution in [0.3, 0.4) is 0 Å². The molecule has 1 atom stereocenters. The molecule has 3 heterocycles. The van der Waals surface area contributed by atoms with Gasteiger partial charge in [-0.1, -0.05) is 109 Å². The Balaban J connectivity index is 1.18. The third kappa shape index (κ3) is 4.25. The highest BCUT2D eigenvalue weighted by molar-refractivity contribution is 6.20. The standard InChI is InChI=1S/C43H27N3O2/c1-2-11-26(12-3-1)41-44-42(28-21-22-38-35(24-28)31-15-6-8-18-36(31)47-38)46-43(45-41)29-23-27-13-4-5-14-30(27)34(25-29)32-17-10-20-39-40(32)33-16-7-9-19-37(33)48-39/h1-25,42H,(H,44,45,46). The normalized spacial score (nSPS) is 14.9. The molecule has 5 heteroatoms. The largest absolute Gasteiger partial charge is 0.456 e. The second-order valence-corrected chi connectivity index (χ2v) is 12.2. The van der Waals surface area contributed by atoms with Gasteiger partial charge in [0.25, 0.3) is 0 Å². The molecular weight excluding hydrogens is 590 g/mol. The number of aliphatic imine (C=N–C) groups is 2. The lowest BCUT2D eigenvalue weighted by molar-refractivity contribution is 0.668. The molecule has 0 fully saturated rings. The molecule has 9 aromatic rings. The van der Waals surface area contributed by atoms with Gasteiger partial charge in [-0.15, -0.1) is 0 Å². The van der Waals surface area contributed by atoms with Crippen LogP contribution in [0, 0.1) is 0 Å². The summed E-state index contributed by atoms with van der Waals surface area (Å²) in [7, 11) is 0. The van der Waals surface area contributed by atoms with Crippen molar-refractivity contribution in [2.75, 3.05) is 0 Å². The van der Waals surface area contributed by atoms with Gasteiger partial charge < -0.3 is 14.2 Å². The molecule has 10 rings (SSSR count). The molecule has 0 amide bonds. The summed E-state index contributed by atoms with van der Waals surface area (Å²) in [6.45, 7) is 0. The lowest BCUT2D eigenvalue weighted by Gasteiger charge is -2.23. The number of benzene rings is 7. The summed E-state index contributed by atoms with van der Waals surface area (Å²) in [5.74, 6) is 1.54. The van der Waals surface area contributed by atoms with Crippen LogP contribution < -0.4 is 5.32 Å². The van der Waals surface area contributed by atoms with E-state index in [1.165, 1.54) is 5.39 Å². The monoisotopic (exact) mass is 617 g/mol. The van der Waals surface area contributed by atoms with Crippen molar-refractivity contribution < 1.29 is 8.83 Å². The molecule has 0 aliphatic carbocycles. The maximum atomic E-state index is 6.29. The van der Waals surface area contributed by atoms with E-state index in [2.05, 4.69) is 96.3 Å². The summed E-state index contributed by atoms with van der Waals surface area (Å²) >= 11 is 0. The Bertz CT molecular complexity index is 2770. The van der Waals surface area contributed by atoms with Crippen LogP contribution in [0.2, 0.25) is 0 Å². The fourth-order valence-electron chi connectivity index (χ4n) is 7.06. The lowest BCUT2D eigenvalue weighted by Crippen LogP contribution is -2.36. The van der Waals surface area contributed by atoms with Gasteiger partial charge in [0, 0.05) is 32.7 Å². The Morgan fingerprint density at radius 2 is 1.08 bits per heavy atom. The predicted octanol–water partition coefficient (Wildman–Crippen LogP) is 10.8. The molecule has 48 heavy (non-hydrogen) atoms. The molecular formula is C43H27N3O2. The maximum absolute atomic E-state index is 6.29. The molecule has 0 saturated carbocycles. The number of hydrogen-bond acceptors (Lipinski definition) is 5. The summed E-state index contributed by atoms with van der Waals surface area (Å²) in [6, 6.07) is 52.2. The highest BCUT2D eigenvalue weighted by Gasteiger charge is 2.23. The summed E-state index contributed by atoms with van der Waals surface area (Å²) in [5.41, 5.74) is 8.70. The molecule has 5 nitrogen and oxygen atoms in total. The highest BCUT2D eigenvalue weighted by Crippen LogP contribution is 2.40. The Morgan fingerprint density at radius 1 is 0.438 bits per heavy atom. The molecule has 1 aliphatic rings. The SMILES string of the molecule is c1ccc(C2=NC(c3ccc4oc5ccccc5c4c3)N=C(c3cc(-c4cccc5oc6ccccc6c45)c4ccccc4c3)N2)cc1. The fraction of sp³-hybridized carbons (Fsp3) is 0.0233. The number of para-hydroxylation sites is 2. The van der Waals surface area contributed by atoms with Crippen LogP contribution in [0.4, 0.5) is 0 Å². The van der Waals surface area contributed by atoms with Crippen LogP contribution >= 0.6 is 0 Å². The first-order chi connectivity index (χ1) is 23.8. The van der Waals surface area contributed by atoms with Crippen molar-refractivity contribution in [3.05, 3.63) is 168 Å². The number of hydrogen-bond donors (Lipinski definition) is 1. The minimum absolute atomic E-state index is 0.453. The van der Waals surface area contributed by atoms with Crippen molar-refractivity contribution in [3.63, 3.8) is 0 Å². The average molecular weight is 618 g/mol. The molecule has 226 valence electrons. The minimum Gasteiger partial charge on any atom is -0.456 e. The van der Waals surface area contributed by atoms with Gasteiger partial charge in [0.1, 0.15) is 34.0 Å². The van der Waals surface area contributed by atoms with Crippen LogP contribution in [0.5, 0.6) is 0 Å². The summed E-state index contributed by atoms with van der Waals surface area (Å²) < 4.78 is 12.4. The lowest BCUT2D eigenvalue weighted by atomic mass is 9.92. The summed E-state index contributed by atoms with van der Waals surface area (Å²) in [5, 5.41) is 10.3. The Kier molecular flexibility index (Phi) is 5.87. The number of nitrogens with one attached hydrogen (secondary N) is 1. The average Bonchev–Trinajstić information content (AvgIpc) is 3.73. The van der Waals surface area contributed by atoms with Crippen molar-refractivity contribution in [1.82, 2.24) is 5.32 Å². The van der Waals surface area contributed by atoms with Gasteiger partial charge in [0.15, 0.2) is 6.17 Å². The van der Waals surface area contributed by atoms with Crippen LogP contribution in [0.1, 0.15) is 22.9 Å². The summed E-state index contributed by atoms with van der Waals surface area (Å²) in [4.78, 5) is 10.4. The van der Waals surface area contributed by atoms with Crippen molar-refractivity contribution in [2.45, 2.75) is 6.17 Å². The zero-order valence-electron chi connectivity index (χ0n) is 25.7. The van der Waals surface area contributed by atoms with Gasteiger partial charge in [-0.05, 0) is 69.9 Å². The number of nitrogens with zero attached hydrogens (tertiary/aromatic N) is 2. The Hall–Kier alpha value is -6.46. The van der Waals surface area contributed by atoms with Gasteiger partial charge in [-0.2, -0.15) is 0 Å². The third-order valence-electron chi connectivity index (χ3n) is 9.31. The van der Waals surface area contributed by atoms with E-state index in [1.54, 1.807) is 0 Å². The fourth-order valence-corrected chi connectivity index (χ4v) is 7.06. The minimum atomic E-state index is -0.453. The molecule has 2 aromatic heterocycles. The van der Waals surface area contributed by atoms with Crippen LogP contribution in [0.25, 0.3) is 65.8 Å². The van der Waals surface area contributed by atoms with Crippen molar-refractivity contribution >= 4 is 66.3 Å². The molecule has 7 aromatic carbocycles. The first-order valence-electron chi connectivity index (χ1n) is 16.1. The van der Waals surface area contributed by atoms with Gasteiger partial charge in [-0.25, -0.2) is 9.98 Å². The van der Waals surface area contributed by atoms with Crippen molar-refractivity contribution in [2.24, 2.45) is 9.98 Å². The zero-order valence-corrected chi connectivity index (χ0v) is 25.7.